The van der Waals surface area contributed by atoms with Gasteiger partial charge in [-0.25, -0.2) is 8.42 Å². The predicted molar refractivity (Wildman–Crippen MR) is 76.0 cm³/mol. The summed E-state index contributed by atoms with van der Waals surface area (Å²) in [5.41, 5.74) is 0. The van der Waals surface area contributed by atoms with Gasteiger partial charge in [0.05, 0.1) is 5.75 Å². The Hall–Kier alpha value is -0.650. The van der Waals surface area contributed by atoms with Gasteiger partial charge in [0.2, 0.25) is 10.0 Å². The van der Waals surface area contributed by atoms with Crippen molar-refractivity contribution in [3.8, 4) is 0 Å². The quantitative estimate of drug-likeness (QED) is 0.458. The zero-order chi connectivity index (χ0) is 13.4. The molecule has 1 aliphatic carbocycles. The Morgan fingerprint density at radius 2 is 1.78 bits per heavy atom. The van der Waals surface area contributed by atoms with Crippen LogP contribution in [0.4, 0.5) is 0 Å². The molecule has 1 N–H and O–H groups in total. The van der Waals surface area contributed by atoms with Crippen molar-refractivity contribution in [3.63, 3.8) is 0 Å². The number of hydrogen-bond donors (Lipinski definition) is 1. The zero-order valence-corrected chi connectivity index (χ0v) is 11.8. The van der Waals surface area contributed by atoms with Crippen molar-refractivity contribution >= 4 is 10.0 Å². The Kier molecular flexibility index (Phi) is 6.60. The molecule has 0 bridgehead atoms. The number of sulfonamides is 1. The van der Waals surface area contributed by atoms with Crippen LogP contribution in [0, 0.1) is 0 Å². The lowest BCUT2D eigenvalue weighted by Crippen LogP contribution is -2.33. The van der Waals surface area contributed by atoms with E-state index in [0.717, 1.165) is 13.0 Å². The number of rotatable bonds is 11. The topological polar surface area (TPSA) is 49.4 Å². The lowest BCUT2D eigenvalue weighted by atomic mass is 10.3. The van der Waals surface area contributed by atoms with Gasteiger partial charge >= 0.3 is 0 Å². The van der Waals surface area contributed by atoms with Crippen molar-refractivity contribution < 1.29 is 8.42 Å². The van der Waals surface area contributed by atoms with E-state index in [9.17, 15) is 8.42 Å². The lowest BCUT2D eigenvalue weighted by Gasteiger charge is -2.18. The van der Waals surface area contributed by atoms with Crippen molar-refractivity contribution in [1.82, 2.24) is 9.62 Å². The summed E-state index contributed by atoms with van der Waals surface area (Å²) in [6, 6.07) is 0.694. The Labute approximate surface area is 111 Å². The molecule has 0 amide bonds. The van der Waals surface area contributed by atoms with E-state index in [1.807, 2.05) is 0 Å². The first-order chi connectivity index (χ1) is 8.60. The first kappa shape index (κ1) is 15.4. The van der Waals surface area contributed by atoms with Gasteiger partial charge in [-0.1, -0.05) is 12.2 Å². The van der Waals surface area contributed by atoms with E-state index in [1.165, 1.54) is 17.1 Å². The number of nitrogens with zero attached hydrogens (tertiary/aromatic N) is 1. The minimum absolute atomic E-state index is 0.209. The smallest absolute Gasteiger partial charge is 0.214 e. The third-order valence-corrected chi connectivity index (χ3v) is 4.79. The van der Waals surface area contributed by atoms with Gasteiger partial charge in [-0.2, -0.15) is 4.31 Å². The second kappa shape index (κ2) is 7.71. The molecule has 0 atom stereocenters. The molecular weight excluding hydrogens is 248 g/mol. The molecule has 0 aromatic carbocycles. The first-order valence-electron chi connectivity index (χ1n) is 6.53. The number of hydrogen-bond acceptors (Lipinski definition) is 3. The molecule has 0 saturated heterocycles. The Morgan fingerprint density at radius 3 is 2.28 bits per heavy atom. The van der Waals surface area contributed by atoms with E-state index in [4.69, 9.17) is 0 Å². The monoisotopic (exact) mass is 272 g/mol. The summed E-state index contributed by atoms with van der Waals surface area (Å²) in [6.45, 7) is 8.80. The van der Waals surface area contributed by atoms with Crippen LogP contribution in [0.5, 0.6) is 0 Å². The van der Waals surface area contributed by atoms with E-state index in [1.54, 1.807) is 12.2 Å². The average molecular weight is 272 g/mol. The van der Waals surface area contributed by atoms with Crippen molar-refractivity contribution in [3.05, 3.63) is 25.3 Å². The fraction of sp³-hybridized carbons (Fsp3) is 0.692. The molecule has 0 aliphatic heterocycles. The standard InChI is InChI=1S/C13H24N2O2S/c1-3-10-15(11-4-2)18(16,17)12-6-5-9-14-13-7-8-13/h3-4,13-14H,1-2,5-12H2. The highest BCUT2D eigenvalue weighted by Gasteiger charge is 2.21. The molecule has 1 rings (SSSR count). The lowest BCUT2D eigenvalue weighted by molar-refractivity contribution is 0.471. The van der Waals surface area contributed by atoms with E-state index >= 15 is 0 Å². The molecular formula is C13H24N2O2S. The van der Waals surface area contributed by atoms with Crippen LogP contribution >= 0.6 is 0 Å². The van der Waals surface area contributed by atoms with Crippen LogP contribution in [0.25, 0.3) is 0 Å². The summed E-state index contributed by atoms with van der Waals surface area (Å²) in [6.07, 6.45) is 7.36. The molecule has 1 saturated carbocycles. The molecule has 1 aliphatic rings. The molecule has 0 aromatic rings. The third-order valence-electron chi connectivity index (χ3n) is 2.90. The minimum Gasteiger partial charge on any atom is -0.314 e. The third kappa shape index (κ3) is 5.80. The SMILES string of the molecule is C=CCN(CC=C)S(=O)(=O)CCCCNC1CC1. The summed E-state index contributed by atoms with van der Waals surface area (Å²) in [7, 11) is -3.17. The normalized spacial score (nSPS) is 15.8. The molecule has 0 spiro atoms. The van der Waals surface area contributed by atoms with Gasteiger partial charge in [0, 0.05) is 19.1 Å². The summed E-state index contributed by atoms with van der Waals surface area (Å²) in [5.74, 6) is 0.209. The van der Waals surface area contributed by atoms with E-state index in [-0.39, 0.29) is 5.75 Å². The zero-order valence-electron chi connectivity index (χ0n) is 11.0. The van der Waals surface area contributed by atoms with Gasteiger partial charge in [-0.05, 0) is 32.2 Å². The van der Waals surface area contributed by atoms with Crippen LogP contribution < -0.4 is 5.32 Å². The highest BCUT2D eigenvalue weighted by molar-refractivity contribution is 7.89. The Morgan fingerprint density at radius 1 is 1.17 bits per heavy atom. The van der Waals surface area contributed by atoms with Crippen LogP contribution in [0.3, 0.4) is 0 Å². The van der Waals surface area contributed by atoms with Crippen molar-refractivity contribution in [2.75, 3.05) is 25.4 Å². The number of nitrogens with one attached hydrogen (secondary N) is 1. The molecule has 104 valence electrons. The van der Waals surface area contributed by atoms with Crippen LogP contribution in [-0.4, -0.2) is 44.2 Å². The van der Waals surface area contributed by atoms with E-state index in [2.05, 4.69) is 18.5 Å². The minimum atomic E-state index is -3.17. The molecule has 4 nitrogen and oxygen atoms in total. The maximum atomic E-state index is 12.0. The molecule has 0 radical (unpaired) electrons. The van der Waals surface area contributed by atoms with Crippen molar-refractivity contribution in [2.45, 2.75) is 31.7 Å². The first-order valence-corrected chi connectivity index (χ1v) is 8.14. The maximum absolute atomic E-state index is 12.0. The molecule has 1 fully saturated rings. The van der Waals surface area contributed by atoms with E-state index < -0.39 is 10.0 Å². The highest BCUT2D eigenvalue weighted by atomic mass is 32.2. The molecule has 18 heavy (non-hydrogen) atoms. The summed E-state index contributed by atoms with van der Waals surface area (Å²) in [5, 5.41) is 3.38. The van der Waals surface area contributed by atoms with Gasteiger partial charge in [0.1, 0.15) is 0 Å². The fourth-order valence-corrected chi connectivity index (χ4v) is 3.21. The van der Waals surface area contributed by atoms with Gasteiger partial charge in [-0.3, -0.25) is 0 Å². The maximum Gasteiger partial charge on any atom is 0.214 e. The molecule has 0 aromatic heterocycles. The van der Waals surface area contributed by atoms with Gasteiger partial charge in [0.25, 0.3) is 0 Å². The summed E-state index contributed by atoms with van der Waals surface area (Å²) >= 11 is 0. The predicted octanol–water partition coefficient (Wildman–Crippen LogP) is 1.52. The molecule has 0 unspecified atom stereocenters. The Balaban J connectivity index is 2.25. The van der Waals surface area contributed by atoms with Crippen LogP contribution in [-0.2, 0) is 10.0 Å². The van der Waals surface area contributed by atoms with Crippen LogP contribution in [0.1, 0.15) is 25.7 Å². The Bertz CT molecular complexity index is 351. The van der Waals surface area contributed by atoms with Gasteiger partial charge in [-0.15, -0.1) is 13.2 Å². The highest BCUT2D eigenvalue weighted by Crippen LogP contribution is 2.18. The molecule has 5 heteroatoms. The second-order valence-corrected chi connectivity index (χ2v) is 6.73. The van der Waals surface area contributed by atoms with Crippen molar-refractivity contribution in [1.29, 1.82) is 0 Å². The average Bonchev–Trinajstić information content (AvgIpc) is 3.12. The fourth-order valence-electron chi connectivity index (χ4n) is 1.72. The number of unbranched alkanes of at least 4 members (excludes halogenated alkanes) is 1. The summed E-state index contributed by atoms with van der Waals surface area (Å²) in [4.78, 5) is 0. The van der Waals surface area contributed by atoms with Gasteiger partial charge < -0.3 is 5.32 Å². The molecule has 0 heterocycles. The second-order valence-electron chi connectivity index (χ2n) is 4.65. The van der Waals surface area contributed by atoms with Crippen LogP contribution in [0.2, 0.25) is 0 Å². The van der Waals surface area contributed by atoms with Crippen molar-refractivity contribution in [2.24, 2.45) is 0 Å². The van der Waals surface area contributed by atoms with Crippen LogP contribution in [0.15, 0.2) is 25.3 Å². The van der Waals surface area contributed by atoms with E-state index in [0.29, 0.717) is 25.6 Å². The largest absolute Gasteiger partial charge is 0.314 e. The van der Waals surface area contributed by atoms with Gasteiger partial charge in [0.15, 0.2) is 0 Å². The summed E-state index contributed by atoms with van der Waals surface area (Å²) < 4.78 is 25.5.